The normalized spacial score (nSPS) is 13.3. The summed E-state index contributed by atoms with van der Waals surface area (Å²) in [5, 5.41) is 2.95. The van der Waals surface area contributed by atoms with Gasteiger partial charge >= 0.3 is 0 Å². The third kappa shape index (κ3) is 5.51. The molecule has 0 spiro atoms. The second kappa shape index (κ2) is 9.94. The molecule has 1 fully saturated rings. The lowest BCUT2D eigenvalue weighted by Crippen LogP contribution is -2.23. The van der Waals surface area contributed by atoms with E-state index < -0.39 is 0 Å². The van der Waals surface area contributed by atoms with Crippen molar-refractivity contribution >= 4 is 17.5 Å². The average Bonchev–Trinajstić information content (AvgIpc) is 3.20. The number of amides is 2. The number of para-hydroxylation sites is 2. The van der Waals surface area contributed by atoms with Crippen molar-refractivity contribution in [1.82, 2.24) is 4.90 Å². The second-order valence-corrected chi connectivity index (χ2v) is 7.65. The van der Waals surface area contributed by atoms with Crippen LogP contribution in [0.3, 0.4) is 0 Å². The maximum absolute atomic E-state index is 12.7. The maximum atomic E-state index is 12.7. The van der Waals surface area contributed by atoms with Crippen molar-refractivity contribution < 1.29 is 14.3 Å². The molecule has 0 radical (unpaired) electrons. The minimum atomic E-state index is -0.192. The van der Waals surface area contributed by atoms with Crippen LogP contribution < -0.4 is 10.1 Å². The fourth-order valence-corrected chi connectivity index (χ4v) is 3.67. The van der Waals surface area contributed by atoms with Gasteiger partial charge in [0.2, 0.25) is 5.91 Å². The second-order valence-electron chi connectivity index (χ2n) is 7.65. The molecule has 0 atom stereocenters. The quantitative estimate of drug-likeness (QED) is 0.582. The molecule has 31 heavy (non-hydrogen) atoms. The number of likely N-dealkylation sites (tertiary alicyclic amines) is 1. The molecule has 158 valence electrons. The van der Waals surface area contributed by atoms with Gasteiger partial charge in [-0.05, 0) is 41.8 Å². The fraction of sp³-hybridized carbons (Fsp3) is 0.231. The van der Waals surface area contributed by atoms with E-state index in [4.69, 9.17) is 4.74 Å². The third-order valence-corrected chi connectivity index (χ3v) is 5.39. The smallest absolute Gasteiger partial charge is 0.255 e. The van der Waals surface area contributed by atoms with Gasteiger partial charge in [-0.1, -0.05) is 54.6 Å². The molecule has 0 saturated carbocycles. The number of rotatable bonds is 8. The zero-order valence-electron chi connectivity index (χ0n) is 17.4. The number of hydrogen-bond acceptors (Lipinski definition) is 3. The summed E-state index contributed by atoms with van der Waals surface area (Å²) in [6.45, 7) is 1.93. The van der Waals surface area contributed by atoms with Gasteiger partial charge in [-0.3, -0.25) is 9.59 Å². The van der Waals surface area contributed by atoms with E-state index >= 15 is 0 Å². The Bertz CT molecular complexity index is 1030. The topological polar surface area (TPSA) is 58.6 Å². The molecule has 1 aliphatic heterocycles. The summed E-state index contributed by atoms with van der Waals surface area (Å²) in [4.78, 5) is 26.4. The summed E-state index contributed by atoms with van der Waals surface area (Å²) in [5.41, 5.74) is 3.44. The Morgan fingerprint density at radius 3 is 2.39 bits per heavy atom. The van der Waals surface area contributed by atoms with Crippen LogP contribution >= 0.6 is 0 Å². The molecule has 5 nitrogen and oxygen atoms in total. The van der Waals surface area contributed by atoms with Crippen molar-refractivity contribution in [1.29, 1.82) is 0 Å². The van der Waals surface area contributed by atoms with Gasteiger partial charge in [-0.25, -0.2) is 0 Å². The van der Waals surface area contributed by atoms with E-state index in [0.717, 1.165) is 24.9 Å². The molecule has 4 rings (SSSR count). The lowest BCUT2D eigenvalue weighted by molar-refractivity contribution is -0.128. The molecule has 1 aliphatic rings. The van der Waals surface area contributed by atoms with Crippen LogP contribution in [0.2, 0.25) is 0 Å². The summed E-state index contributed by atoms with van der Waals surface area (Å²) >= 11 is 0. The van der Waals surface area contributed by atoms with Gasteiger partial charge in [0.25, 0.3) is 5.91 Å². The van der Waals surface area contributed by atoms with Gasteiger partial charge in [0.1, 0.15) is 5.75 Å². The minimum absolute atomic E-state index is 0.192. The van der Waals surface area contributed by atoms with Gasteiger partial charge in [0, 0.05) is 31.5 Å². The summed E-state index contributed by atoms with van der Waals surface area (Å²) in [6, 6.07) is 25.0. The van der Waals surface area contributed by atoms with Crippen molar-refractivity contribution in [2.75, 3.05) is 18.5 Å². The summed E-state index contributed by atoms with van der Waals surface area (Å²) in [5.74, 6) is 0.657. The summed E-state index contributed by atoms with van der Waals surface area (Å²) < 4.78 is 5.93. The van der Waals surface area contributed by atoms with Crippen molar-refractivity contribution in [3.05, 3.63) is 95.6 Å². The van der Waals surface area contributed by atoms with Crippen molar-refractivity contribution in [3.63, 3.8) is 0 Å². The highest BCUT2D eigenvalue weighted by atomic mass is 16.5. The predicted molar refractivity (Wildman–Crippen MR) is 121 cm³/mol. The number of benzene rings is 3. The molecule has 0 aromatic heterocycles. The van der Waals surface area contributed by atoms with Crippen molar-refractivity contribution in [3.8, 4) is 5.75 Å². The Labute approximate surface area is 182 Å². The molecule has 3 aromatic carbocycles. The summed E-state index contributed by atoms with van der Waals surface area (Å²) in [7, 11) is 0. The Morgan fingerprint density at radius 2 is 1.65 bits per heavy atom. The standard InChI is InChI=1S/C26H26N2O3/c29-25-11-6-17-28(25)19-21-12-14-22(15-13-21)26(30)27-23-9-4-5-10-24(23)31-18-16-20-7-2-1-3-8-20/h1-5,7-10,12-15H,6,11,16-19H2,(H,27,30). The van der Waals surface area contributed by atoms with E-state index in [1.54, 1.807) is 12.1 Å². The maximum Gasteiger partial charge on any atom is 0.255 e. The zero-order valence-corrected chi connectivity index (χ0v) is 17.4. The molecule has 1 saturated heterocycles. The number of ether oxygens (including phenoxy) is 1. The average molecular weight is 415 g/mol. The highest BCUT2D eigenvalue weighted by molar-refractivity contribution is 6.05. The lowest BCUT2D eigenvalue weighted by atomic mass is 10.1. The first-order chi connectivity index (χ1) is 15.2. The molecule has 1 N–H and O–H groups in total. The Balaban J connectivity index is 1.35. The van der Waals surface area contributed by atoms with Crippen LogP contribution in [0.25, 0.3) is 0 Å². The minimum Gasteiger partial charge on any atom is -0.491 e. The van der Waals surface area contributed by atoms with E-state index in [1.807, 2.05) is 59.5 Å². The molecule has 1 heterocycles. The Kier molecular flexibility index (Phi) is 6.62. The number of nitrogens with one attached hydrogen (secondary N) is 1. The van der Waals surface area contributed by atoms with Crippen LogP contribution in [0, 0.1) is 0 Å². The van der Waals surface area contributed by atoms with Gasteiger partial charge in [-0.15, -0.1) is 0 Å². The third-order valence-electron chi connectivity index (χ3n) is 5.39. The fourth-order valence-electron chi connectivity index (χ4n) is 3.67. The van der Waals surface area contributed by atoms with E-state index in [2.05, 4.69) is 17.4 Å². The molecule has 0 bridgehead atoms. The van der Waals surface area contributed by atoms with Crippen LogP contribution in [0.5, 0.6) is 5.75 Å². The Hall–Kier alpha value is -3.60. The number of carbonyl (C=O) groups is 2. The van der Waals surface area contributed by atoms with Gasteiger partial charge in [-0.2, -0.15) is 0 Å². The van der Waals surface area contributed by atoms with Crippen LogP contribution in [-0.4, -0.2) is 29.9 Å². The zero-order chi connectivity index (χ0) is 21.5. The van der Waals surface area contributed by atoms with Crippen LogP contribution in [0.4, 0.5) is 5.69 Å². The first-order valence-electron chi connectivity index (χ1n) is 10.6. The molecule has 0 unspecified atom stereocenters. The van der Waals surface area contributed by atoms with E-state index in [1.165, 1.54) is 5.56 Å². The van der Waals surface area contributed by atoms with E-state index in [9.17, 15) is 9.59 Å². The first kappa shape index (κ1) is 20.7. The number of nitrogens with zero attached hydrogens (tertiary/aromatic N) is 1. The molecule has 2 amide bonds. The summed E-state index contributed by atoms with van der Waals surface area (Å²) in [6.07, 6.45) is 2.35. The van der Waals surface area contributed by atoms with Crippen LogP contribution in [0.15, 0.2) is 78.9 Å². The van der Waals surface area contributed by atoms with Gasteiger partial charge < -0.3 is 15.0 Å². The van der Waals surface area contributed by atoms with Crippen molar-refractivity contribution in [2.24, 2.45) is 0 Å². The van der Waals surface area contributed by atoms with Gasteiger partial charge in [0.05, 0.1) is 12.3 Å². The monoisotopic (exact) mass is 414 g/mol. The molecule has 5 heteroatoms. The van der Waals surface area contributed by atoms with Crippen LogP contribution in [0.1, 0.15) is 34.3 Å². The van der Waals surface area contributed by atoms with E-state index in [-0.39, 0.29) is 11.8 Å². The lowest BCUT2D eigenvalue weighted by Gasteiger charge is -2.16. The largest absolute Gasteiger partial charge is 0.491 e. The van der Waals surface area contributed by atoms with Gasteiger partial charge in [0.15, 0.2) is 0 Å². The highest BCUT2D eigenvalue weighted by Gasteiger charge is 2.20. The number of hydrogen-bond donors (Lipinski definition) is 1. The first-order valence-corrected chi connectivity index (χ1v) is 10.6. The molecule has 0 aliphatic carbocycles. The highest BCUT2D eigenvalue weighted by Crippen LogP contribution is 2.25. The molecular formula is C26H26N2O3. The number of carbonyl (C=O) groups excluding carboxylic acids is 2. The molecule has 3 aromatic rings. The predicted octanol–water partition coefficient (Wildman–Crippen LogP) is 4.68. The van der Waals surface area contributed by atoms with Crippen LogP contribution in [-0.2, 0) is 17.8 Å². The molecular weight excluding hydrogens is 388 g/mol. The SMILES string of the molecule is O=C(Nc1ccccc1OCCc1ccccc1)c1ccc(CN2CCCC2=O)cc1. The number of anilines is 1. The Morgan fingerprint density at radius 1 is 0.903 bits per heavy atom. The van der Waals surface area contributed by atoms with E-state index in [0.29, 0.717) is 36.6 Å². The van der Waals surface area contributed by atoms with Crippen molar-refractivity contribution in [2.45, 2.75) is 25.8 Å².